The average molecular weight is 817 g/mol. The number of hydrogen-bond donors (Lipinski definition) is 0. The van der Waals surface area contributed by atoms with Gasteiger partial charge in [-0.25, -0.2) is 29.9 Å². The smallest absolute Gasteiger partial charge is 0.160 e. The first-order chi connectivity index (χ1) is 31.6. The second kappa shape index (κ2) is 15.6. The SMILES string of the molecule is c1ccc(-c2cc(-c3ccc4ccc(-c5ccc6nc(-c7ccc(-c8ccc9ccc%10ccc(-c%11ccccc%11)nc%10c9n8)cc7)ccc6c5)cc4n3)nc(-c3ccccc3)n2)cc1. The molecule has 0 saturated carbocycles. The highest BCUT2D eigenvalue weighted by Gasteiger charge is 2.14. The van der Waals surface area contributed by atoms with Gasteiger partial charge in [0.2, 0.25) is 0 Å². The molecule has 298 valence electrons. The molecule has 0 saturated heterocycles. The van der Waals surface area contributed by atoms with E-state index in [4.69, 9.17) is 29.9 Å². The van der Waals surface area contributed by atoms with E-state index < -0.39 is 0 Å². The highest BCUT2D eigenvalue weighted by molar-refractivity contribution is 6.04. The maximum Gasteiger partial charge on any atom is 0.160 e. The van der Waals surface area contributed by atoms with E-state index in [-0.39, 0.29) is 0 Å². The lowest BCUT2D eigenvalue weighted by Gasteiger charge is -2.10. The summed E-state index contributed by atoms with van der Waals surface area (Å²) in [4.78, 5) is 30.5. The second-order valence-electron chi connectivity index (χ2n) is 15.9. The molecule has 0 amide bonds. The standard InChI is InChI=1S/C58H36N6/c1-4-10-37(11-5-1)49-29-25-42-21-22-43-26-30-50(62-57(43)56(42)61-49)40-18-16-39(17-19-40)48-32-28-47-34-45(27-31-51(47)59-48)46-23-20-41-24-33-52(60-53(41)35-46)55-36-54(38-12-6-2-7-13-38)63-58(64-55)44-14-8-3-9-15-44/h1-36H. The molecule has 0 fully saturated rings. The van der Waals surface area contributed by atoms with Gasteiger partial charge in [0.15, 0.2) is 5.82 Å². The van der Waals surface area contributed by atoms with Crippen LogP contribution in [0.5, 0.6) is 0 Å². The van der Waals surface area contributed by atoms with Crippen LogP contribution in [0.4, 0.5) is 0 Å². The molecule has 5 heterocycles. The number of aromatic nitrogens is 6. The molecule has 12 rings (SSSR count). The van der Waals surface area contributed by atoms with Gasteiger partial charge in [-0.1, -0.05) is 170 Å². The third kappa shape index (κ3) is 6.99. The number of pyridine rings is 4. The molecular formula is C58H36N6. The monoisotopic (exact) mass is 816 g/mol. The number of benzene rings is 7. The van der Waals surface area contributed by atoms with Crippen LogP contribution >= 0.6 is 0 Å². The van der Waals surface area contributed by atoms with E-state index >= 15 is 0 Å². The Balaban J connectivity index is 0.826. The first kappa shape index (κ1) is 37.1. The third-order valence-corrected chi connectivity index (χ3v) is 11.9. The topological polar surface area (TPSA) is 77.3 Å². The highest BCUT2D eigenvalue weighted by atomic mass is 14.9. The number of nitrogens with zero attached hydrogens (tertiary/aromatic N) is 6. The van der Waals surface area contributed by atoms with Crippen LogP contribution in [-0.2, 0) is 0 Å². The van der Waals surface area contributed by atoms with Crippen molar-refractivity contribution >= 4 is 43.6 Å². The summed E-state index contributed by atoms with van der Waals surface area (Å²) in [6.45, 7) is 0. The molecule has 0 unspecified atom stereocenters. The Kier molecular flexibility index (Phi) is 9.05. The Morgan fingerprint density at radius 1 is 0.203 bits per heavy atom. The predicted octanol–water partition coefficient (Wildman–Crippen LogP) is 14.3. The van der Waals surface area contributed by atoms with E-state index in [1.165, 1.54) is 0 Å². The van der Waals surface area contributed by atoms with Crippen molar-refractivity contribution in [3.8, 4) is 78.9 Å². The highest BCUT2D eigenvalue weighted by Crippen LogP contribution is 2.33. The Morgan fingerprint density at radius 2 is 0.625 bits per heavy atom. The van der Waals surface area contributed by atoms with Crippen molar-refractivity contribution in [3.05, 3.63) is 218 Å². The van der Waals surface area contributed by atoms with Crippen LogP contribution in [0.3, 0.4) is 0 Å². The van der Waals surface area contributed by atoms with Gasteiger partial charge in [0.1, 0.15) is 0 Å². The minimum Gasteiger partial charge on any atom is -0.248 e. The molecule has 5 aromatic heterocycles. The molecule has 12 aromatic rings. The molecule has 0 bridgehead atoms. The van der Waals surface area contributed by atoms with Gasteiger partial charge in [0.25, 0.3) is 0 Å². The van der Waals surface area contributed by atoms with Crippen LogP contribution in [0, 0.1) is 0 Å². The van der Waals surface area contributed by atoms with E-state index in [0.717, 1.165) is 117 Å². The lowest BCUT2D eigenvalue weighted by molar-refractivity contribution is 1.17. The second-order valence-corrected chi connectivity index (χ2v) is 15.9. The summed E-state index contributed by atoms with van der Waals surface area (Å²) in [5.74, 6) is 0.667. The zero-order valence-corrected chi connectivity index (χ0v) is 34.5. The maximum absolute atomic E-state index is 5.16. The van der Waals surface area contributed by atoms with Crippen LogP contribution in [0.1, 0.15) is 0 Å². The molecule has 0 aliphatic carbocycles. The largest absolute Gasteiger partial charge is 0.248 e. The van der Waals surface area contributed by atoms with Gasteiger partial charge < -0.3 is 0 Å². The average Bonchev–Trinajstić information content (AvgIpc) is 3.38. The summed E-state index contributed by atoms with van der Waals surface area (Å²) in [5, 5.41) is 4.26. The molecule has 7 aromatic carbocycles. The van der Waals surface area contributed by atoms with E-state index in [0.29, 0.717) is 5.82 Å². The number of rotatable bonds is 7. The van der Waals surface area contributed by atoms with Gasteiger partial charge in [0.05, 0.1) is 56.2 Å². The molecule has 64 heavy (non-hydrogen) atoms. The summed E-state index contributed by atoms with van der Waals surface area (Å²) in [7, 11) is 0. The van der Waals surface area contributed by atoms with Crippen LogP contribution in [0.25, 0.3) is 123 Å². The fraction of sp³-hybridized carbons (Fsp3) is 0. The van der Waals surface area contributed by atoms with E-state index in [9.17, 15) is 0 Å². The zero-order chi connectivity index (χ0) is 42.4. The molecule has 6 nitrogen and oxygen atoms in total. The lowest BCUT2D eigenvalue weighted by Crippen LogP contribution is -1.97. The third-order valence-electron chi connectivity index (χ3n) is 11.9. The minimum absolute atomic E-state index is 0.667. The van der Waals surface area contributed by atoms with Gasteiger partial charge in [0, 0.05) is 49.4 Å². The van der Waals surface area contributed by atoms with Crippen molar-refractivity contribution in [3.63, 3.8) is 0 Å². The lowest BCUT2D eigenvalue weighted by atomic mass is 10.0. The zero-order valence-electron chi connectivity index (χ0n) is 34.5. The fourth-order valence-electron chi connectivity index (χ4n) is 8.47. The van der Waals surface area contributed by atoms with Gasteiger partial charge in [-0.3, -0.25) is 0 Å². The molecule has 0 aliphatic rings. The van der Waals surface area contributed by atoms with E-state index in [1.54, 1.807) is 0 Å². The van der Waals surface area contributed by atoms with Gasteiger partial charge in [-0.2, -0.15) is 0 Å². The molecule has 0 radical (unpaired) electrons. The normalized spacial score (nSPS) is 11.4. The summed E-state index contributed by atoms with van der Waals surface area (Å²) in [6.07, 6.45) is 0. The minimum atomic E-state index is 0.667. The van der Waals surface area contributed by atoms with Crippen LogP contribution in [-0.4, -0.2) is 29.9 Å². The van der Waals surface area contributed by atoms with Crippen LogP contribution in [0.2, 0.25) is 0 Å². The van der Waals surface area contributed by atoms with Crippen molar-refractivity contribution in [2.75, 3.05) is 0 Å². The van der Waals surface area contributed by atoms with E-state index in [2.05, 4.69) is 140 Å². The van der Waals surface area contributed by atoms with Crippen molar-refractivity contribution in [1.82, 2.24) is 29.9 Å². The molecule has 0 spiro atoms. The van der Waals surface area contributed by atoms with E-state index in [1.807, 2.05) is 78.9 Å². The van der Waals surface area contributed by atoms with Crippen molar-refractivity contribution in [2.45, 2.75) is 0 Å². The van der Waals surface area contributed by atoms with Crippen molar-refractivity contribution in [1.29, 1.82) is 0 Å². The predicted molar refractivity (Wildman–Crippen MR) is 261 cm³/mol. The summed E-state index contributed by atoms with van der Waals surface area (Å²) >= 11 is 0. The molecule has 0 N–H and O–H groups in total. The first-order valence-electron chi connectivity index (χ1n) is 21.3. The Morgan fingerprint density at radius 3 is 1.27 bits per heavy atom. The van der Waals surface area contributed by atoms with Crippen molar-refractivity contribution < 1.29 is 0 Å². The number of fused-ring (bicyclic) bond motifs is 5. The van der Waals surface area contributed by atoms with Gasteiger partial charge in [-0.05, 0) is 59.7 Å². The molecule has 6 heteroatoms. The van der Waals surface area contributed by atoms with Gasteiger partial charge >= 0.3 is 0 Å². The summed E-state index contributed by atoms with van der Waals surface area (Å²) < 4.78 is 0. The maximum atomic E-state index is 5.16. The Labute approximate surface area is 369 Å². The van der Waals surface area contributed by atoms with Gasteiger partial charge in [-0.15, -0.1) is 0 Å². The van der Waals surface area contributed by atoms with Crippen LogP contribution in [0.15, 0.2) is 218 Å². The summed E-state index contributed by atoms with van der Waals surface area (Å²) in [5.41, 5.74) is 16.2. The van der Waals surface area contributed by atoms with Crippen LogP contribution < -0.4 is 0 Å². The Bertz CT molecular complexity index is 3650. The fourth-order valence-corrected chi connectivity index (χ4v) is 8.47. The molecule has 0 aliphatic heterocycles. The molecule has 0 atom stereocenters. The first-order valence-corrected chi connectivity index (χ1v) is 21.3. The number of hydrogen-bond acceptors (Lipinski definition) is 6. The summed E-state index contributed by atoms with van der Waals surface area (Å²) in [6, 6.07) is 75.1. The van der Waals surface area contributed by atoms with Crippen molar-refractivity contribution in [2.24, 2.45) is 0 Å². The molecular weight excluding hydrogens is 781 g/mol. The quantitative estimate of drug-likeness (QED) is 0.149. The Hall–Kier alpha value is -8.74.